The van der Waals surface area contributed by atoms with Gasteiger partial charge in [-0.2, -0.15) is 0 Å². The summed E-state index contributed by atoms with van der Waals surface area (Å²) in [6.45, 7) is 6.16. The van der Waals surface area contributed by atoms with Gasteiger partial charge in [0.2, 0.25) is 0 Å². The van der Waals surface area contributed by atoms with Crippen LogP contribution in [0, 0.1) is 10.1 Å². The van der Waals surface area contributed by atoms with Crippen molar-refractivity contribution in [3.63, 3.8) is 0 Å². The van der Waals surface area contributed by atoms with E-state index in [0.29, 0.717) is 18.5 Å². The van der Waals surface area contributed by atoms with Crippen molar-refractivity contribution >= 4 is 35.8 Å². The molecule has 1 amide bonds. The largest absolute Gasteiger partial charge is 0.464 e. The molecule has 0 saturated carbocycles. The van der Waals surface area contributed by atoms with Gasteiger partial charge < -0.3 is 9.64 Å². The average molecular weight is 364 g/mol. The normalized spacial score (nSPS) is 17.0. The molecule has 0 bridgehead atoms. The van der Waals surface area contributed by atoms with E-state index in [4.69, 9.17) is 4.74 Å². The first-order valence-corrected chi connectivity index (χ1v) is 8.45. The van der Waals surface area contributed by atoms with Crippen LogP contribution < -0.4 is 0 Å². The lowest BCUT2D eigenvalue weighted by Crippen LogP contribution is -2.48. The molecule has 2 rings (SSSR count). The summed E-state index contributed by atoms with van der Waals surface area (Å²) in [5.74, 6) is -0.848. The Labute approximate surface area is 151 Å². The molecule has 1 fully saturated rings. The van der Waals surface area contributed by atoms with Crippen molar-refractivity contribution in [2.75, 3.05) is 13.2 Å². The number of nitrogens with zero attached hydrogens (tertiary/aromatic N) is 2. The number of likely N-dealkylation sites (tertiary alicyclic amines) is 1. The minimum atomic E-state index is -0.642. The van der Waals surface area contributed by atoms with E-state index >= 15 is 0 Å². The highest BCUT2D eigenvalue weighted by atomic mass is 32.1. The molecule has 0 radical (unpaired) electrons. The topological polar surface area (TPSA) is 89.8 Å². The number of thiol groups is 1. The fraction of sp³-hybridized carbons (Fsp3) is 0.412. The van der Waals surface area contributed by atoms with Crippen molar-refractivity contribution in [3.05, 3.63) is 40.5 Å². The molecule has 0 aliphatic carbocycles. The first-order valence-electron chi connectivity index (χ1n) is 8.01. The zero-order valence-electron chi connectivity index (χ0n) is 13.9. The second kappa shape index (κ2) is 8.15. The Hall–Kier alpha value is -2.35. The monoisotopic (exact) mass is 364 g/mol. The quantitative estimate of drug-likeness (QED) is 0.285. The minimum absolute atomic E-state index is 0.104. The van der Waals surface area contributed by atoms with Crippen molar-refractivity contribution in [1.29, 1.82) is 0 Å². The lowest BCUT2D eigenvalue weighted by Gasteiger charge is -2.34. The summed E-state index contributed by atoms with van der Waals surface area (Å²) in [6.07, 6.45) is 2.15. The van der Waals surface area contributed by atoms with Gasteiger partial charge >= 0.3 is 5.97 Å². The Morgan fingerprint density at radius 1 is 1.44 bits per heavy atom. The van der Waals surface area contributed by atoms with E-state index < -0.39 is 22.8 Å². The van der Waals surface area contributed by atoms with Crippen molar-refractivity contribution in [3.8, 4) is 0 Å². The van der Waals surface area contributed by atoms with Gasteiger partial charge in [-0.3, -0.25) is 14.9 Å². The second-order valence-corrected chi connectivity index (χ2v) is 6.18. The van der Waals surface area contributed by atoms with E-state index in [2.05, 4.69) is 19.2 Å². The molecule has 1 heterocycles. The smallest absolute Gasteiger partial charge is 0.328 e. The summed E-state index contributed by atoms with van der Waals surface area (Å²) < 4.78 is 5.05. The molecule has 1 aliphatic rings. The van der Waals surface area contributed by atoms with Gasteiger partial charge in [-0.25, -0.2) is 4.79 Å². The van der Waals surface area contributed by atoms with Crippen molar-refractivity contribution < 1.29 is 19.2 Å². The van der Waals surface area contributed by atoms with Gasteiger partial charge in [0.1, 0.15) is 6.04 Å². The number of ether oxygens (including phenoxy) is 1. The van der Waals surface area contributed by atoms with E-state index in [0.717, 1.165) is 12.8 Å². The van der Waals surface area contributed by atoms with Gasteiger partial charge in [-0.15, -0.1) is 12.6 Å². The zero-order chi connectivity index (χ0) is 18.6. The highest BCUT2D eigenvalue weighted by Gasteiger charge is 2.34. The fourth-order valence-electron chi connectivity index (χ4n) is 2.81. The van der Waals surface area contributed by atoms with Crippen LogP contribution in [0.4, 0.5) is 5.69 Å². The molecule has 1 atom stereocenters. The summed E-state index contributed by atoms with van der Waals surface area (Å²) in [7, 11) is 0. The number of carbonyl (C=O) groups is 2. The van der Waals surface area contributed by atoms with Gasteiger partial charge in [0.15, 0.2) is 0 Å². The van der Waals surface area contributed by atoms with Crippen LogP contribution in [0.2, 0.25) is 0 Å². The molecule has 134 valence electrons. The summed E-state index contributed by atoms with van der Waals surface area (Å²) >= 11 is 4.04. The molecule has 8 heteroatoms. The molecule has 1 aromatic rings. The molecule has 1 saturated heterocycles. The van der Waals surface area contributed by atoms with E-state index in [-0.39, 0.29) is 22.8 Å². The molecule has 25 heavy (non-hydrogen) atoms. The Morgan fingerprint density at radius 2 is 2.16 bits per heavy atom. The molecule has 7 nitrogen and oxygen atoms in total. The molecule has 0 N–H and O–H groups in total. The molecular formula is C17H20N2O5S. The number of nitro groups is 1. The van der Waals surface area contributed by atoms with E-state index in [1.54, 1.807) is 13.0 Å². The van der Waals surface area contributed by atoms with Crippen LogP contribution >= 0.6 is 12.6 Å². The Bertz CT molecular complexity index is 719. The van der Waals surface area contributed by atoms with Crippen molar-refractivity contribution in [2.45, 2.75) is 37.1 Å². The van der Waals surface area contributed by atoms with Gasteiger partial charge in [0.25, 0.3) is 11.6 Å². The first kappa shape index (κ1) is 19.0. The SMILES string of the molecule is C=C(C(=O)N1CCCCC1C(=O)OCC)c1ccc(S)c([N+](=O)[O-])c1. The molecule has 0 aromatic heterocycles. The molecule has 1 aliphatic heterocycles. The predicted octanol–water partition coefficient (Wildman–Crippen LogP) is 2.84. The van der Waals surface area contributed by atoms with E-state index in [1.807, 2.05) is 0 Å². The molecule has 1 aromatic carbocycles. The lowest BCUT2D eigenvalue weighted by molar-refractivity contribution is -0.387. The van der Waals surface area contributed by atoms with Crippen LogP contribution in [0.25, 0.3) is 5.57 Å². The van der Waals surface area contributed by atoms with Gasteiger partial charge in [-0.05, 0) is 37.8 Å². The third-order valence-corrected chi connectivity index (χ3v) is 4.48. The standard InChI is InChI=1S/C17H20N2O5S/c1-3-24-17(21)13-6-4-5-9-18(13)16(20)11(2)12-7-8-15(25)14(10-12)19(22)23/h7-8,10,13,25H,2-6,9H2,1H3. The number of amides is 1. The van der Waals surface area contributed by atoms with Crippen LogP contribution in [-0.2, 0) is 14.3 Å². The number of benzene rings is 1. The molecular weight excluding hydrogens is 344 g/mol. The number of esters is 1. The van der Waals surface area contributed by atoms with Crippen LogP contribution in [0.1, 0.15) is 31.7 Å². The Morgan fingerprint density at radius 3 is 2.80 bits per heavy atom. The van der Waals surface area contributed by atoms with Crippen LogP contribution in [0.15, 0.2) is 29.7 Å². The van der Waals surface area contributed by atoms with Crippen LogP contribution in [0.5, 0.6) is 0 Å². The maximum Gasteiger partial charge on any atom is 0.328 e. The number of carbonyl (C=O) groups excluding carboxylic acids is 2. The zero-order valence-corrected chi connectivity index (χ0v) is 14.8. The Balaban J connectivity index is 2.26. The third kappa shape index (κ3) is 4.19. The second-order valence-electron chi connectivity index (χ2n) is 5.70. The van der Waals surface area contributed by atoms with Crippen LogP contribution in [0.3, 0.4) is 0 Å². The van der Waals surface area contributed by atoms with Gasteiger partial charge in [0, 0.05) is 18.2 Å². The first-order chi connectivity index (χ1) is 11.9. The highest BCUT2D eigenvalue weighted by Crippen LogP contribution is 2.29. The maximum atomic E-state index is 12.8. The van der Waals surface area contributed by atoms with Crippen molar-refractivity contribution in [2.24, 2.45) is 0 Å². The van der Waals surface area contributed by atoms with Gasteiger partial charge in [0.05, 0.1) is 16.4 Å². The summed E-state index contributed by atoms with van der Waals surface area (Å²) in [4.78, 5) is 37.1. The number of hydrogen-bond acceptors (Lipinski definition) is 6. The number of nitro benzene ring substituents is 1. The molecule has 1 unspecified atom stereocenters. The number of hydrogen-bond donors (Lipinski definition) is 1. The summed E-state index contributed by atoms with van der Waals surface area (Å²) in [5, 5.41) is 11.1. The van der Waals surface area contributed by atoms with E-state index in [9.17, 15) is 19.7 Å². The van der Waals surface area contributed by atoms with Crippen molar-refractivity contribution in [1.82, 2.24) is 4.90 Å². The van der Waals surface area contributed by atoms with E-state index in [1.165, 1.54) is 17.0 Å². The summed E-state index contributed by atoms with van der Waals surface area (Å²) in [5.41, 5.74) is 0.241. The third-order valence-electron chi connectivity index (χ3n) is 4.10. The maximum absolute atomic E-state index is 12.8. The number of rotatable bonds is 5. The van der Waals surface area contributed by atoms with Gasteiger partial charge in [-0.1, -0.05) is 12.6 Å². The highest BCUT2D eigenvalue weighted by molar-refractivity contribution is 7.80. The predicted molar refractivity (Wildman–Crippen MR) is 95.4 cm³/mol. The number of piperidine rings is 1. The lowest BCUT2D eigenvalue weighted by atomic mass is 9.99. The van der Waals surface area contributed by atoms with Crippen LogP contribution in [-0.4, -0.2) is 40.9 Å². The minimum Gasteiger partial charge on any atom is -0.464 e. The summed E-state index contributed by atoms with van der Waals surface area (Å²) in [6, 6.07) is 3.64. The fourth-order valence-corrected chi connectivity index (χ4v) is 3.03. The molecule has 0 spiro atoms. The average Bonchev–Trinajstić information content (AvgIpc) is 2.60. The Kier molecular flexibility index (Phi) is 6.19.